The van der Waals surface area contributed by atoms with Crippen LogP contribution < -0.4 is 10.6 Å². The van der Waals surface area contributed by atoms with E-state index in [1.54, 1.807) is 17.9 Å². The van der Waals surface area contributed by atoms with Gasteiger partial charge in [-0.25, -0.2) is 0 Å². The molecule has 0 radical (unpaired) electrons. The highest BCUT2D eigenvalue weighted by molar-refractivity contribution is 14.0. The third-order valence-electron chi connectivity index (χ3n) is 3.70. The van der Waals surface area contributed by atoms with Crippen molar-refractivity contribution in [2.75, 3.05) is 31.6 Å². The first-order valence-corrected chi connectivity index (χ1v) is 8.53. The second kappa shape index (κ2) is 10.3. The van der Waals surface area contributed by atoms with E-state index in [2.05, 4.69) is 20.7 Å². The summed E-state index contributed by atoms with van der Waals surface area (Å²) in [6, 6.07) is 0. The summed E-state index contributed by atoms with van der Waals surface area (Å²) < 4.78 is 1.69. The van der Waals surface area contributed by atoms with Crippen molar-refractivity contribution in [3.8, 4) is 0 Å². The van der Waals surface area contributed by atoms with Gasteiger partial charge in [-0.05, 0) is 30.3 Å². The molecule has 6 nitrogen and oxygen atoms in total. The molecule has 0 spiro atoms. The summed E-state index contributed by atoms with van der Waals surface area (Å²) in [5.41, 5.74) is 0.810. The van der Waals surface area contributed by atoms with Crippen LogP contribution in [0.25, 0.3) is 0 Å². The Morgan fingerprint density at radius 2 is 2.23 bits per heavy atom. The van der Waals surface area contributed by atoms with Gasteiger partial charge < -0.3 is 15.7 Å². The van der Waals surface area contributed by atoms with E-state index in [4.69, 9.17) is 0 Å². The number of nitrogens with zero attached hydrogens (tertiary/aromatic N) is 3. The van der Waals surface area contributed by atoms with Crippen molar-refractivity contribution in [3.63, 3.8) is 0 Å². The van der Waals surface area contributed by atoms with Crippen molar-refractivity contribution < 1.29 is 5.11 Å². The van der Waals surface area contributed by atoms with Gasteiger partial charge in [0.2, 0.25) is 0 Å². The van der Waals surface area contributed by atoms with Crippen LogP contribution in [0.1, 0.15) is 24.5 Å². The van der Waals surface area contributed by atoms with Crippen LogP contribution in [0.4, 0.5) is 0 Å². The molecule has 22 heavy (non-hydrogen) atoms. The fraction of sp³-hybridized carbons (Fsp3) is 0.714. The Morgan fingerprint density at radius 3 is 2.82 bits per heavy atom. The molecule has 2 rings (SSSR count). The van der Waals surface area contributed by atoms with Crippen LogP contribution in [0.5, 0.6) is 0 Å². The molecule has 126 valence electrons. The van der Waals surface area contributed by atoms with Crippen LogP contribution in [-0.2, 0) is 7.05 Å². The van der Waals surface area contributed by atoms with Crippen LogP contribution in [0.3, 0.4) is 0 Å². The molecule has 1 atom stereocenters. The molecule has 1 aliphatic heterocycles. The Balaban J connectivity index is 0.00000242. The minimum absolute atomic E-state index is 0. The molecule has 0 aromatic carbocycles. The summed E-state index contributed by atoms with van der Waals surface area (Å²) in [7, 11) is 3.59. The van der Waals surface area contributed by atoms with Gasteiger partial charge in [-0.1, -0.05) is 0 Å². The zero-order chi connectivity index (χ0) is 15.1. The first-order valence-electron chi connectivity index (χ1n) is 7.38. The first kappa shape index (κ1) is 19.6. The smallest absolute Gasteiger partial charge is 0.191 e. The number of aliphatic imine (C=N–C) groups is 1. The number of hydrogen-bond acceptors (Lipinski definition) is 4. The number of aliphatic hydroxyl groups excluding tert-OH is 1. The number of nitrogens with one attached hydrogen (secondary N) is 2. The van der Waals surface area contributed by atoms with Gasteiger partial charge >= 0.3 is 0 Å². The van der Waals surface area contributed by atoms with E-state index in [9.17, 15) is 5.11 Å². The number of thioether (sulfide) groups is 1. The Bertz CT molecular complexity index is 462. The fourth-order valence-corrected chi connectivity index (χ4v) is 3.54. The highest BCUT2D eigenvalue weighted by Crippen LogP contribution is 2.21. The zero-order valence-corrected chi connectivity index (χ0v) is 16.3. The molecule has 1 aromatic heterocycles. The summed E-state index contributed by atoms with van der Waals surface area (Å²) in [6.07, 6.45) is 5.47. The molecule has 2 heterocycles. The minimum Gasteiger partial charge on any atom is -0.386 e. The molecule has 1 unspecified atom stereocenters. The summed E-state index contributed by atoms with van der Waals surface area (Å²) >= 11 is 2.04. The highest BCUT2D eigenvalue weighted by Gasteiger charge is 2.14. The molecule has 8 heteroatoms. The zero-order valence-electron chi connectivity index (χ0n) is 13.2. The van der Waals surface area contributed by atoms with E-state index in [1.165, 1.54) is 24.3 Å². The maximum Gasteiger partial charge on any atom is 0.191 e. The summed E-state index contributed by atoms with van der Waals surface area (Å²) in [5.74, 6) is 4.00. The van der Waals surface area contributed by atoms with Gasteiger partial charge in [0.15, 0.2) is 5.96 Å². The normalized spacial score (nSPS) is 17.7. The molecule has 1 aliphatic rings. The quantitative estimate of drug-likeness (QED) is 0.367. The molecule has 3 N–H and O–H groups in total. The lowest BCUT2D eigenvalue weighted by molar-refractivity contribution is 0.180. The number of guanidine groups is 1. The lowest BCUT2D eigenvalue weighted by Gasteiger charge is -2.23. The van der Waals surface area contributed by atoms with Gasteiger partial charge in [-0.2, -0.15) is 16.9 Å². The topological polar surface area (TPSA) is 74.5 Å². The number of aliphatic hydroxyl groups is 1. The number of hydrogen-bond donors (Lipinski definition) is 3. The average Bonchev–Trinajstić information content (AvgIpc) is 2.95. The SMILES string of the molecule is CN=C(NCC1CCSCC1)NCC(O)c1cnn(C)c1.I. The van der Waals surface area contributed by atoms with Gasteiger partial charge in [-0.3, -0.25) is 9.67 Å². The molecule has 0 bridgehead atoms. The van der Waals surface area contributed by atoms with Gasteiger partial charge in [0.05, 0.1) is 12.3 Å². The molecule has 0 aliphatic carbocycles. The second-order valence-corrected chi connectivity index (χ2v) is 6.58. The second-order valence-electron chi connectivity index (χ2n) is 5.35. The van der Waals surface area contributed by atoms with Crippen molar-refractivity contribution in [3.05, 3.63) is 18.0 Å². The summed E-state index contributed by atoms with van der Waals surface area (Å²) in [5, 5.41) is 20.7. The van der Waals surface area contributed by atoms with Crippen LogP contribution in [-0.4, -0.2) is 52.5 Å². The van der Waals surface area contributed by atoms with E-state index in [0.29, 0.717) is 6.54 Å². The van der Waals surface area contributed by atoms with Crippen LogP contribution >= 0.6 is 35.7 Å². The largest absolute Gasteiger partial charge is 0.386 e. The monoisotopic (exact) mass is 439 g/mol. The molecular weight excluding hydrogens is 413 g/mol. The summed E-state index contributed by atoms with van der Waals surface area (Å²) in [6.45, 7) is 1.37. The van der Waals surface area contributed by atoms with Crippen LogP contribution in [0, 0.1) is 5.92 Å². The standard InChI is InChI=1S/C14H25N5OS.HI/c1-15-14(16-7-11-3-5-21-6-4-11)17-9-13(20)12-8-18-19(2)10-12;/h8,10-11,13,20H,3-7,9H2,1-2H3,(H2,15,16,17);1H. The Kier molecular flexibility index (Phi) is 9.18. The molecule has 0 saturated carbocycles. The minimum atomic E-state index is -0.580. The lowest BCUT2D eigenvalue weighted by Crippen LogP contribution is -2.41. The first-order chi connectivity index (χ1) is 10.2. The number of rotatable bonds is 5. The third-order valence-corrected chi connectivity index (χ3v) is 4.74. The number of aromatic nitrogens is 2. The maximum atomic E-state index is 10.1. The molecular formula is C14H26IN5OS. The van der Waals surface area contributed by atoms with Crippen LogP contribution in [0.2, 0.25) is 0 Å². The Hall–Kier alpha value is -0.480. The summed E-state index contributed by atoms with van der Waals surface area (Å²) in [4.78, 5) is 4.20. The Labute approximate surface area is 153 Å². The van der Waals surface area contributed by atoms with E-state index >= 15 is 0 Å². The maximum absolute atomic E-state index is 10.1. The molecule has 1 fully saturated rings. The van der Waals surface area contributed by atoms with E-state index < -0.39 is 6.10 Å². The Morgan fingerprint density at radius 1 is 1.50 bits per heavy atom. The van der Waals surface area contributed by atoms with Gasteiger partial charge in [0, 0.05) is 38.9 Å². The highest BCUT2D eigenvalue weighted by atomic mass is 127. The van der Waals surface area contributed by atoms with Crippen LogP contribution in [0.15, 0.2) is 17.4 Å². The third kappa shape index (κ3) is 6.33. The predicted molar refractivity (Wildman–Crippen MR) is 103 cm³/mol. The fourth-order valence-electron chi connectivity index (χ4n) is 2.34. The van der Waals surface area contributed by atoms with E-state index in [1.807, 2.05) is 25.0 Å². The van der Waals surface area contributed by atoms with Crippen molar-refractivity contribution >= 4 is 41.7 Å². The molecule has 1 aromatic rings. The number of halogens is 1. The molecule has 0 amide bonds. The van der Waals surface area contributed by atoms with Crippen molar-refractivity contribution in [2.45, 2.75) is 18.9 Å². The van der Waals surface area contributed by atoms with Crippen molar-refractivity contribution in [2.24, 2.45) is 18.0 Å². The number of aryl methyl sites for hydroxylation is 1. The predicted octanol–water partition coefficient (Wildman–Crippen LogP) is 1.38. The van der Waals surface area contributed by atoms with E-state index in [0.717, 1.165) is 24.0 Å². The lowest BCUT2D eigenvalue weighted by atomic mass is 10.0. The van der Waals surface area contributed by atoms with E-state index in [-0.39, 0.29) is 24.0 Å². The average molecular weight is 439 g/mol. The van der Waals surface area contributed by atoms with Crippen molar-refractivity contribution in [1.82, 2.24) is 20.4 Å². The van der Waals surface area contributed by atoms with Crippen molar-refractivity contribution in [1.29, 1.82) is 0 Å². The van der Waals surface area contributed by atoms with Gasteiger partial charge in [-0.15, -0.1) is 24.0 Å². The van der Waals surface area contributed by atoms with Gasteiger partial charge in [0.25, 0.3) is 0 Å². The van der Waals surface area contributed by atoms with Gasteiger partial charge in [0.1, 0.15) is 0 Å². The molecule has 1 saturated heterocycles.